The first-order valence-electron chi connectivity index (χ1n) is 6.56. The molecule has 1 rings (SSSR count). The lowest BCUT2D eigenvalue weighted by Gasteiger charge is -2.32. The zero-order chi connectivity index (χ0) is 12.8. The Morgan fingerprint density at radius 3 is 2.76 bits per heavy atom. The van der Waals surface area contributed by atoms with E-state index >= 15 is 0 Å². The molecule has 1 aliphatic heterocycles. The molecule has 1 N–H and O–H groups in total. The molecule has 1 amide bonds. The molecule has 0 saturated carbocycles. The van der Waals surface area contributed by atoms with E-state index in [1.807, 2.05) is 20.9 Å². The summed E-state index contributed by atoms with van der Waals surface area (Å²) in [6.07, 6.45) is 4.90. The molecule has 0 aliphatic carbocycles. The van der Waals surface area contributed by atoms with Crippen molar-refractivity contribution in [2.75, 3.05) is 13.6 Å². The fourth-order valence-corrected chi connectivity index (χ4v) is 2.23. The van der Waals surface area contributed by atoms with E-state index in [9.17, 15) is 9.59 Å². The summed E-state index contributed by atoms with van der Waals surface area (Å²) in [7, 11) is 1.97. The third-order valence-electron chi connectivity index (χ3n) is 3.79. The number of hydrogen-bond donors (Lipinski definition) is 1. The van der Waals surface area contributed by atoms with E-state index < -0.39 is 0 Å². The highest BCUT2D eigenvalue weighted by Crippen LogP contribution is 2.15. The van der Waals surface area contributed by atoms with Crippen molar-refractivity contribution >= 4 is 12.2 Å². The largest absolute Gasteiger partial charge is 0.345 e. The highest BCUT2D eigenvalue weighted by molar-refractivity contribution is 5.84. The van der Waals surface area contributed by atoms with E-state index in [1.165, 1.54) is 0 Å². The minimum Gasteiger partial charge on any atom is -0.345 e. The Bertz CT molecular complexity index is 268. The zero-order valence-electron chi connectivity index (χ0n) is 11.1. The number of carbonyl (C=O) groups is 2. The molecule has 1 aliphatic rings. The third kappa shape index (κ3) is 3.80. The quantitative estimate of drug-likeness (QED) is 0.735. The lowest BCUT2D eigenvalue weighted by Crippen LogP contribution is -2.52. The first kappa shape index (κ1) is 14.2. The standard InChI is InChI=1S/C13H24N2O2/c1-4-10(2)11(9-16)14-13(17)12-7-5-6-8-15(12)3/h9-12H,4-8H2,1-3H3,(H,14,17)/t10?,11-,12-/m1/s1. The van der Waals surface area contributed by atoms with Crippen LogP contribution < -0.4 is 5.32 Å². The van der Waals surface area contributed by atoms with Crippen LogP contribution in [0.4, 0.5) is 0 Å². The van der Waals surface area contributed by atoms with Crippen LogP contribution in [0, 0.1) is 5.92 Å². The highest BCUT2D eigenvalue weighted by Gasteiger charge is 2.28. The first-order chi connectivity index (χ1) is 8.10. The maximum Gasteiger partial charge on any atom is 0.237 e. The molecule has 0 aromatic heterocycles. The van der Waals surface area contributed by atoms with Crippen LogP contribution in [0.5, 0.6) is 0 Å². The third-order valence-corrected chi connectivity index (χ3v) is 3.79. The predicted octanol–water partition coefficient (Wildman–Crippen LogP) is 1.20. The van der Waals surface area contributed by atoms with Gasteiger partial charge in [0.05, 0.1) is 12.1 Å². The van der Waals surface area contributed by atoms with Gasteiger partial charge in [-0.05, 0) is 32.4 Å². The van der Waals surface area contributed by atoms with Crippen LogP contribution in [0.2, 0.25) is 0 Å². The maximum absolute atomic E-state index is 12.1. The van der Waals surface area contributed by atoms with Gasteiger partial charge in [0.1, 0.15) is 6.29 Å². The first-order valence-corrected chi connectivity index (χ1v) is 6.56. The summed E-state index contributed by atoms with van der Waals surface area (Å²) in [5.74, 6) is 0.204. The zero-order valence-corrected chi connectivity index (χ0v) is 11.1. The topological polar surface area (TPSA) is 49.4 Å². The second-order valence-corrected chi connectivity index (χ2v) is 5.05. The second-order valence-electron chi connectivity index (χ2n) is 5.05. The molecule has 98 valence electrons. The van der Waals surface area contributed by atoms with Crippen molar-refractivity contribution in [2.45, 2.75) is 51.6 Å². The number of nitrogens with zero attached hydrogens (tertiary/aromatic N) is 1. The number of likely N-dealkylation sites (N-methyl/N-ethyl adjacent to an activating group) is 1. The SMILES string of the molecule is CCC(C)[C@@H](C=O)NC(=O)[C@H]1CCCCN1C. The van der Waals surface area contributed by atoms with E-state index in [0.717, 1.165) is 38.5 Å². The van der Waals surface area contributed by atoms with Crippen molar-refractivity contribution in [3.05, 3.63) is 0 Å². The monoisotopic (exact) mass is 240 g/mol. The molecule has 3 atom stereocenters. The molecule has 17 heavy (non-hydrogen) atoms. The number of amides is 1. The number of likely N-dealkylation sites (tertiary alicyclic amines) is 1. The summed E-state index contributed by atoms with van der Waals surface area (Å²) in [6.45, 7) is 4.98. The fraction of sp³-hybridized carbons (Fsp3) is 0.846. The lowest BCUT2D eigenvalue weighted by atomic mass is 9.98. The average molecular weight is 240 g/mol. The number of carbonyl (C=O) groups excluding carboxylic acids is 2. The van der Waals surface area contributed by atoms with Gasteiger partial charge in [-0.3, -0.25) is 9.69 Å². The number of aldehydes is 1. The molecule has 1 saturated heterocycles. The van der Waals surface area contributed by atoms with Gasteiger partial charge < -0.3 is 10.1 Å². The van der Waals surface area contributed by atoms with Crippen molar-refractivity contribution in [2.24, 2.45) is 5.92 Å². The molecule has 0 bridgehead atoms. The summed E-state index contributed by atoms with van der Waals surface area (Å²) in [6, 6.07) is -0.405. The number of rotatable bonds is 5. The van der Waals surface area contributed by atoms with Crippen molar-refractivity contribution in [1.29, 1.82) is 0 Å². The Morgan fingerprint density at radius 2 is 2.24 bits per heavy atom. The molecule has 1 fully saturated rings. The van der Waals surface area contributed by atoms with E-state index in [0.29, 0.717) is 0 Å². The van der Waals surface area contributed by atoms with Gasteiger partial charge >= 0.3 is 0 Å². The molecule has 1 unspecified atom stereocenters. The van der Waals surface area contributed by atoms with Gasteiger partial charge in [0, 0.05) is 0 Å². The Morgan fingerprint density at radius 1 is 1.53 bits per heavy atom. The van der Waals surface area contributed by atoms with Crippen molar-refractivity contribution in [3.63, 3.8) is 0 Å². The summed E-state index contributed by atoms with van der Waals surface area (Å²) in [5, 5.41) is 2.87. The van der Waals surface area contributed by atoms with Gasteiger partial charge in [-0.1, -0.05) is 26.7 Å². The minimum atomic E-state index is -0.345. The molecule has 4 heteroatoms. The van der Waals surface area contributed by atoms with E-state index in [1.54, 1.807) is 0 Å². The Labute approximate surface area is 104 Å². The molecule has 0 spiro atoms. The van der Waals surface area contributed by atoms with Crippen LogP contribution in [-0.4, -0.2) is 42.8 Å². The Kier molecular flexibility index (Phi) is 5.62. The van der Waals surface area contributed by atoms with Gasteiger partial charge in [0.15, 0.2) is 0 Å². The van der Waals surface area contributed by atoms with Gasteiger partial charge in [-0.2, -0.15) is 0 Å². The fourth-order valence-electron chi connectivity index (χ4n) is 2.23. The van der Waals surface area contributed by atoms with Crippen LogP contribution in [0.1, 0.15) is 39.5 Å². The van der Waals surface area contributed by atoms with E-state index in [-0.39, 0.29) is 23.9 Å². The van der Waals surface area contributed by atoms with E-state index in [2.05, 4.69) is 10.2 Å². The highest BCUT2D eigenvalue weighted by atomic mass is 16.2. The van der Waals surface area contributed by atoms with Gasteiger partial charge in [-0.25, -0.2) is 0 Å². The number of nitrogens with one attached hydrogen (secondary N) is 1. The second kappa shape index (κ2) is 6.74. The van der Waals surface area contributed by atoms with Crippen molar-refractivity contribution in [3.8, 4) is 0 Å². The molecular weight excluding hydrogens is 216 g/mol. The smallest absolute Gasteiger partial charge is 0.237 e. The van der Waals surface area contributed by atoms with E-state index in [4.69, 9.17) is 0 Å². The maximum atomic E-state index is 12.1. The molecule has 0 radical (unpaired) electrons. The summed E-state index contributed by atoms with van der Waals surface area (Å²) >= 11 is 0. The number of hydrogen-bond acceptors (Lipinski definition) is 3. The van der Waals surface area contributed by atoms with Gasteiger partial charge in [-0.15, -0.1) is 0 Å². The molecule has 0 aromatic carbocycles. The van der Waals surface area contributed by atoms with Crippen molar-refractivity contribution in [1.82, 2.24) is 10.2 Å². The lowest BCUT2D eigenvalue weighted by molar-refractivity contribution is -0.129. The van der Waals surface area contributed by atoms with Crippen LogP contribution in [0.15, 0.2) is 0 Å². The summed E-state index contributed by atoms with van der Waals surface area (Å²) in [5.41, 5.74) is 0. The molecular formula is C13H24N2O2. The summed E-state index contributed by atoms with van der Waals surface area (Å²) < 4.78 is 0. The normalized spacial score (nSPS) is 25.0. The molecule has 1 heterocycles. The van der Waals surface area contributed by atoms with Crippen LogP contribution in [-0.2, 0) is 9.59 Å². The van der Waals surface area contributed by atoms with Gasteiger partial charge in [0.25, 0.3) is 0 Å². The predicted molar refractivity (Wildman–Crippen MR) is 67.7 cm³/mol. The van der Waals surface area contributed by atoms with Crippen LogP contribution in [0.3, 0.4) is 0 Å². The average Bonchev–Trinajstić information content (AvgIpc) is 2.35. The van der Waals surface area contributed by atoms with Crippen molar-refractivity contribution < 1.29 is 9.59 Å². The molecule has 4 nitrogen and oxygen atoms in total. The molecule has 0 aromatic rings. The van der Waals surface area contributed by atoms with Gasteiger partial charge in [0.2, 0.25) is 5.91 Å². The number of piperidine rings is 1. The Hall–Kier alpha value is -0.900. The minimum absolute atomic E-state index is 0.00426. The van der Waals surface area contributed by atoms with Crippen LogP contribution in [0.25, 0.3) is 0 Å². The summed E-state index contributed by atoms with van der Waals surface area (Å²) in [4.78, 5) is 25.1. The Balaban J connectivity index is 2.54. The van der Waals surface area contributed by atoms with Crippen LogP contribution >= 0.6 is 0 Å².